The fourth-order valence-corrected chi connectivity index (χ4v) is 2.98. The number of aryl methyl sites for hydroxylation is 4. The van der Waals surface area contributed by atoms with E-state index in [0.29, 0.717) is 0 Å². The van der Waals surface area contributed by atoms with Gasteiger partial charge in [0.25, 0.3) is 0 Å². The van der Waals surface area contributed by atoms with Crippen molar-refractivity contribution in [1.82, 2.24) is 9.78 Å². The van der Waals surface area contributed by atoms with Gasteiger partial charge in [0.1, 0.15) is 5.03 Å². The van der Waals surface area contributed by atoms with E-state index in [4.69, 9.17) is 0 Å². The molecule has 96 valence electrons. The molecule has 0 amide bonds. The van der Waals surface area contributed by atoms with Crippen LogP contribution in [0.3, 0.4) is 0 Å². The molecule has 1 N–H and O–H groups in total. The summed E-state index contributed by atoms with van der Waals surface area (Å²) >= 11 is 1.65. The molecule has 0 spiro atoms. The predicted octanol–water partition coefficient (Wildman–Crippen LogP) is 2.99. The number of hydrogen-bond acceptors (Lipinski definition) is 3. The minimum absolute atomic E-state index is 0.0346. The Labute approximate surface area is 112 Å². The van der Waals surface area contributed by atoms with Crippen molar-refractivity contribution in [1.29, 1.82) is 0 Å². The summed E-state index contributed by atoms with van der Waals surface area (Å²) in [6, 6.07) is 6.40. The maximum absolute atomic E-state index is 9.42. The van der Waals surface area contributed by atoms with Crippen LogP contribution in [0.1, 0.15) is 22.4 Å². The Bertz CT molecular complexity index is 575. The number of aliphatic hydroxyl groups is 1. The van der Waals surface area contributed by atoms with Crippen molar-refractivity contribution >= 4 is 11.8 Å². The molecule has 2 rings (SSSR count). The summed E-state index contributed by atoms with van der Waals surface area (Å²) in [5.41, 5.74) is 4.39. The smallest absolute Gasteiger partial charge is 0.104 e. The molecule has 0 saturated heterocycles. The monoisotopic (exact) mass is 262 g/mol. The Hall–Kier alpha value is -1.26. The van der Waals surface area contributed by atoms with Crippen molar-refractivity contribution in [2.24, 2.45) is 7.05 Å². The van der Waals surface area contributed by atoms with Crippen molar-refractivity contribution in [3.05, 3.63) is 40.6 Å². The SMILES string of the molecule is Cc1ccc(Sc2c(CO)c(C)nn2C)cc1C. The van der Waals surface area contributed by atoms with Crippen molar-refractivity contribution in [2.45, 2.75) is 37.3 Å². The quantitative estimate of drug-likeness (QED) is 0.924. The molecule has 4 heteroatoms. The molecule has 0 bridgehead atoms. The largest absolute Gasteiger partial charge is 0.392 e. The maximum atomic E-state index is 9.42. The third kappa shape index (κ3) is 2.44. The second kappa shape index (κ2) is 5.16. The third-order valence-corrected chi connectivity index (χ3v) is 4.33. The van der Waals surface area contributed by atoms with E-state index in [1.54, 1.807) is 11.8 Å². The first-order chi connectivity index (χ1) is 8.52. The number of aromatic nitrogens is 2. The zero-order chi connectivity index (χ0) is 13.3. The Morgan fingerprint density at radius 1 is 1.22 bits per heavy atom. The average molecular weight is 262 g/mol. The second-order valence-electron chi connectivity index (χ2n) is 4.50. The highest BCUT2D eigenvalue weighted by molar-refractivity contribution is 7.99. The highest BCUT2D eigenvalue weighted by Crippen LogP contribution is 2.32. The summed E-state index contributed by atoms with van der Waals surface area (Å²) in [6.45, 7) is 6.18. The highest BCUT2D eigenvalue weighted by Gasteiger charge is 2.13. The lowest BCUT2D eigenvalue weighted by Gasteiger charge is -2.07. The summed E-state index contributed by atoms with van der Waals surface area (Å²) in [7, 11) is 1.91. The Morgan fingerprint density at radius 3 is 2.56 bits per heavy atom. The van der Waals surface area contributed by atoms with Gasteiger partial charge >= 0.3 is 0 Å². The molecule has 1 aromatic carbocycles. The minimum atomic E-state index is 0.0346. The van der Waals surface area contributed by atoms with Gasteiger partial charge in [0.15, 0.2) is 0 Å². The van der Waals surface area contributed by atoms with Crippen LogP contribution in [0.2, 0.25) is 0 Å². The Morgan fingerprint density at radius 2 is 1.94 bits per heavy atom. The van der Waals surface area contributed by atoms with E-state index in [1.165, 1.54) is 16.0 Å². The van der Waals surface area contributed by atoms with Gasteiger partial charge in [0, 0.05) is 17.5 Å². The van der Waals surface area contributed by atoms with E-state index in [1.807, 2.05) is 18.7 Å². The molecule has 3 nitrogen and oxygen atoms in total. The van der Waals surface area contributed by atoms with Gasteiger partial charge in [-0.25, -0.2) is 0 Å². The Kier molecular flexibility index (Phi) is 3.78. The average Bonchev–Trinajstić information content (AvgIpc) is 2.58. The van der Waals surface area contributed by atoms with E-state index in [2.05, 4.69) is 37.1 Å². The first-order valence-corrected chi connectivity index (χ1v) is 6.73. The lowest BCUT2D eigenvalue weighted by atomic mass is 10.1. The van der Waals surface area contributed by atoms with Crippen molar-refractivity contribution < 1.29 is 5.11 Å². The second-order valence-corrected chi connectivity index (χ2v) is 5.56. The maximum Gasteiger partial charge on any atom is 0.104 e. The number of nitrogens with zero attached hydrogens (tertiary/aromatic N) is 2. The molecule has 0 aliphatic rings. The van der Waals surface area contributed by atoms with Gasteiger partial charge in [-0.15, -0.1) is 0 Å². The molecule has 0 atom stereocenters. The van der Waals surface area contributed by atoms with Crippen LogP contribution in [0.5, 0.6) is 0 Å². The number of rotatable bonds is 3. The minimum Gasteiger partial charge on any atom is -0.392 e. The molecule has 0 aliphatic heterocycles. The van der Waals surface area contributed by atoms with Crippen LogP contribution in [-0.2, 0) is 13.7 Å². The van der Waals surface area contributed by atoms with Crippen molar-refractivity contribution in [2.75, 3.05) is 0 Å². The third-order valence-electron chi connectivity index (χ3n) is 3.14. The lowest BCUT2D eigenvalue weighted by molar-refractivity contribution is 0.277. The van der Waals surface area contributed by atoms with E-state index in [9.17, 15) is 5.11 Å². The van der Waals surface area contributed by atoms with Gasteiger partial charge < -0.3 is 5.11 Å². The Balaban J connectivity index is 2.36. The number of hydrogen-bond donors (Lipinski definition) is 1. The first kappa shape index (κ1) is 13.2. The van der Waals surface area contributed by atoms with Crippen LogP contribution in [0.4, 0.5) is 0 Å². The van der Waals surface area contributed by atoms with Crippen molar-refractivity contribution in [3.63, 3.8) is 0 Å². The topological polar surface area (TPSA) is 38.1 Å². The molecule has 18 heavy (non-hydrogen) atoms. The van der Waals surface area contributed by atoms with Crippen LogP contribution in [0.15, 0.2) is 28.1 Å². The van der Waals surface area contributed by atoms with E-state index >= 15 is 0 Å². The van der Waals surface area contributed by atoms with Gasteiger partial charge in [0.05, 0.1) is 12.3 Å². The van der Waals surface area contributed by atoms with Gasteiger partial charge in [-0.3, -0.25) is 4.68 Å². The molecule has 1 aromatic heterocycles. The van der Waals surface area contributed by atoms with Gasteiger partial charge in [-0.1, -0.05) is 17.8 Å². The van der Waals surface area contributed by atoms with Crippen LogP contribution in [-0.4, -0.2) is 14.9 Å². The summed E-state index contributed by atoms with van der Waals surface area (Å²) in [5.74, 6) is 0. The summed E-state index contributed by atoms with van der Waals surface area (Å²) < 4.78 is 1.83. The van der Waals surface area contributed by atoms with E-state index in [0.717, 1.165) is 16.3 Å². The van der Waals surface area contributed by atoms with Crippen molar-refractivity contribution in [3.8, 4) is 0 Å². The molecule has 0 radical (unpaired) electrons. The number of benzene rings is 1. The number of aliphatic hydroxyl groups excluding tert-OH is 1. The van der Waals surface area contributed by atoms with E-state index < -0.39 is 0 Å². The first-order valence-electron chi connectivity index (χ1n) is 5.91. The summed E-state index contributed by atoms with van der Waals surface area (Å²) in [5, 5.41) is 14.8. The lowest BCUT2D eigenvalue weighted by Crippen LogP contribution is -1.94. The van der Waals surface area contributed by atoms with Crippen LogP contribution >= 0.6 is 11.8 Å². The zero-order valence-corrected chi connectivity index (χ0v) is 12.0. The molecule has 0 unspecified atom stereocenters. The van der Waals surface area contributed by atoms with Crippen LogP contribution in [0, 0.1) is 20.8 Å². The molecule has 0 saturated carbocycles. The zero-order valence-electron chi connectivity index (χ0n) is 11.2. The van der Waals surface area contributed by atoms with Crippen LogP contribution < -0.4 is 0 Å². The summed E-state index contributed by atoms with van der Waals surface area (Å²) in [4.78, 5) is 1.18. The van der Waals surface area contributed by atoms with Gasteiger partial charge in [0.2, 0.25) is 0 Å². The molecular formula is C14H18N2OS. The molecule has 1 heterocycles. The van der Waals surface area contributed by atoms with E-state index in [-0.39, 0.29) is 6.61 Å². The molecule has 2 aromatic rings. The molecular weight excluding hydrogens is 244 g/mol. The molecule has 0 fully saturated rings. The molecule has 0 aliphatic carbocycles. The fraction of sp³-hybridized carbons (Fsp3) is 0.357. The summed E-state index contributed by atoms with van der Waals surface area (Å²) in [6.07, 6.45) is 0. The highest BCUT2D eigenvalue weighted by atomic mass is 32.2. The fourth-order valence-electron chi connectivity index (χ4n) is 1.88. The standard InChI is InChI=1S/C14H18N2OS/c1-9-5-6-12(7-10(9)2)18-14-13(8-17)11(3)15-16(14)4/h5-7,17H,8H2,1-4H3. The van der Waals surface area contributed by atoms with Gasteiger partial charge in [-0.2, -0.15) is 5.10 Å². The predicted molar refractivity (Wildman–Crippen MR) is 73.9 cm³/mol. The normalized spacial score (nSPS) is 10.9. The van der Waals surface area contributed by atoms with Gasteiger partial charge in [-0.05, 0) is 44.0 Å². The van der Waals surface area contributed by atoms with Crippen LogP contribution in [0.25, 0.3) is 0 Å².